The van der Waals surface area contributed by atoms with Crippen molar-refractivity contribution in [3.05, 3.63) is 40.9 Å². The molecule has 1 aromatic carbocycles. The molecule has 0 radical (unpaired) electrons. The molecule has 0 aromatic heterocycles. The highest BCUT2D eigenvalue weighted by molar-refractivity contribution is 6.30. The van der Waals surface area contributed by atoms with Gasteiger partial charge < -0.3 is 9.64 Å². The number of benzene rings is 1. The highest BCUT2D eigenvalue weighted by atomic mass is 35.5. The van der Waals surface area contributed by atoms with E-state index in [0.29, 0.717) is 18.2 Å². The van der Waals surface area contributed by atoms with Crippen molar-refractivity contribution in [2.45, 2.75) is 32.7 Å². The van der Waals surface area contributed by atoms with Gasteiger partial charge in [-0.05, 0) is 43.5 Å². The molecule has 124 valence electrons. The molecule has 0 aliphatic heterocycles. The molecule has 1 aromatic rings. The van der Waals surface area contributed by atoms with Crippen LogP contribution >= 0.6 is 11.6 Å². The Hall–Kier alpha value is -1.81. The number of nitrogens with zero attached hydrogens (tertiary/aromatic N) is 1. The molecule has 1 amide bonds. The quantitative estimate of drug-likeness (QED) is 0.565. The standard InChI is InChI=1S/C18H22ClNO3/c1-3-23-18(22)13(2)12-20(16-9-10-16)17(21)11-6-14-4-7-15(19)8-5-14/h4-8,11,13,16H,3,9-10,12H2,1-2H3/b11-6+. The maximum atomic E-state index is 12.4. The van der Waals surface area contributed by atoms with Crippen molar-refractivity contribution in [1.82, 2.24) is 4.90 Å². The van der Waals surface area contributed by atoms with E-state index in [2.05, 4.69) is 0 Å². The summed E-state index contributed by atoms with van der Waals surface area (Å²) in [5, 5.41) is 0.663. The van der Waals surface area contributed by atoms with Gasteiger partial charge in [-0.25, -0.2) is 0 Å². The van der Waals surface area contributed by atoms with Gasteiger partial charge in [-0.1, -0.05) is 30.7 Å². The van der Waals surface area contributed by atoms with E-state index >= 15 is 0 Å². The Bertz CT molecular complexity index is 578. The van der Waals surface area contributed by atoms with E-state index in [0.717, 1.165) is 18.4 Å². The Morgan fingerprint density at radius 2 is 2.00 bits per heavy atom. The van der Waals surface area contributed by atoms with Crippen LogP contribution in [0.1, 0.15) is 32.3 Å². The van der Waals surface area contributed by atoms with Crippen molar-refractivity contribution in [2.75, 3.05) is 13.2 Å². The summed E-state index contributed by atoms with van der Waals surface area (Å²) >= 11 is 5.84. The molecule has 0 bridgehead atoms. The number of amides is 1. The molecular weight excluding hydrogens is 314 g/mol. The monoisotopic (exact) mass is 335 g/mol. The summed E-state index contributed by atoms with van der Waals surface area (Å²) < 4.78 is 5.02. The summed E-state index contributed by atoms with van der Waals surface area (Å²) in [5.74, 6) is -0.644. The molecule has 0 saturated heterocycles. The molecule has 5 heteroatoms. The summed E-state index contributed by atoms with van der Waals surface area (Å²) in [6.07, 6.45) is 5.31. The molecular formula is C18H22ClNO3. The summed E-state index contributed by atoms with van der Waals surface area (Å²) in [5.41, 5.74) is 0.914. The van der Waals surface area contributed by atoms with E-state index < -0.39 is 0 Å². The fraction of sp³-hybridized carbons (Fsp3) is 0.444. The fourth-order valence-corrected chi connectivity index (χ4v) is 2.42. The van der Waals surface area contributed by atoms with Crippen LogP contribution in [0.25, 0.3) is 6.08 Å². The molecule has 1 aliphatic carbocycles. The van der Waals surface area contributed by atoms with Gasteiger partial charge >= 0.3 is 5.97 Å². The van der Waals surface area contributed by atoms with Crippen LogP contribution in [0.2, 0.25) is 5.02 Å². The van der Waals surface area contributed by atoms with Crippen molar-refractivity contribution in [3.63, 3.8) is 0 Å². The van der Waals surface area contributed by atoms with Gasteiger partial charge in [-0.2, -0.15) is 0 Å². The Labute approximate surface area is 142 Å². The Morgan fingerprint density at radius 1 is 1.35 bits per heavy atom. The van der Waals surface area contributed by atoms with Crippen LogP contribution in [0.4, 0.5) is 0 Å². The third-order valence-electron chi connectivity index (χ3n) is 3.72. The third kappa shape index (κ3) is 5.39. The average Bonchev–Trinajstić information content (AvgIpc) is 3.36. The van der Waals surface area contributed by atoms with Crippen molar-refractivity contribution in [1.29, 1.82) is 0 Å². The highest BCUT2D eigenvalue weighted by Crippen LogP contribution is 2.28. The molecule has 1 saturated carbocycles. The van der Waals surface area contributed by atoms with Crippen LogP contribution in [0.5, 0.6) is 0 Å². The number of carbonyl (C=O) groups excluding carboxylic acids is 2. The Morgan fingerprint density at radius 3 is 2.57 bits per heavy atom. The van der Waals surface area contributed by atoms with E-state index in [1.54, 1.807) is 43.0 Å². The highest BCUT2D eigenvalue weighted by Gasteiger charge is 2.33. The van der Waals surface area contributed by atoms with E-state index in [1.807, 2.05) is 12.1 Å². The summed E-state index contributed by atoms with van der Waals surface area (Å²) in [6.45, 7) is 4.33. The number of hydrogen-bond donors (Lipinski definition) is 0. The normalized spacial score (nSPS) is 15.4. The van der Waals surface area contributed by atoms with Crippen LogP contribution < -0.4 is 0 Å². The summed E-state index contributed by atoms with van der Waals surface area (Å²) in [4.78, 5) is 26.0. The number of hydrogen-bond acceptors (Lipinski definition) is 3. The zero-order valence-corrected chi connectivity index (χ0v) is 14.3. The first-order valence-corrected chi connectivity index (χ1v) is 8.30. The number of rotatable bonds is 7. The topological polar surface area (TPSA) is 46.6 Å². The second kappa shape index (κ2) is 8.16. The second-order valence-corrected chi connectivity index (χ2v) is 6.20. The molecule has 4 nitrogen and oxygen atoms in total. The number of esters is 1. The van der Waals surface area contributed by atoms with Gasteiger partial charge in [0.05, 0.1) is 12.5 Å². The smallest absolute Gasteiger partial charge is 0.310 e. The molecule has 2 rings (SSSR count). The van der Waals surface area contributed by atoms with Crippen LogP contribution in [0, 0.1) is 5.92 Å². The SMILES string of the molecule is CCOC(=O)C(C)CN(C(=O)/C=C/c1ccc(Cl)cc1)C1CC1. The minimum atomic E-state index is -0.316. The number of halogens is 1. The fourth-order valence-electron chi connectivity index (χ4n) is 2.30. The average molecular weight is 336 g/mol. The predicted molar refractivity (Wildman–Crippen MR) is 91.0 cm³/mol. The largest absolute Gasteiger partial charge is 0.466 e. The molecule has 0 spiro atoms. The van der Waals surface area contributed by atoms with Gasteiger partial charge in [0.1, 0.15) is 0 Å². The van der Waals surface area contributed by atoms with Crippen molar-refractivity contribution < 1.29 is 14.3 Å². The van der Waals surface area contributed by atoms with Gasteiger partial charge in [0.2, 0.25) is 5.91 Å². The van der Waals surface area contributed by atoms with Crippen LogP contribution in [0.15, 0.2) is 30.3 Å². The Balaban J connectivity index is 1.98. The molecule has 1 aliphatic rings. The molecule has 0 heterocycles. The molecule has 1 atom stereocenters. The minimum absolute atomic E-state index is 0.0707. The zero-order chi connectivity index (χ0) is 16.8. The van der Waals surface area contributed by atoms with Crippen LogP contribution in [0.3, 0.4) is 0 Å². The molecule has 0 N–H and O–H groups in total. The lowest BCUT2D eigenvalue weighted by Crippen LogP contribution is -2.38. The van der Waals surface area contributed by atoms with Gasteiger partial charge in [0.15, 0.2) is 0 Å². The van der Waals surface area contributed by atoms with Gasteiger partial charge in [0.25, 0.3) is 0 Å². The zero-order valence-electron chi connectivity index (χ0n) is 13.5. The molecule has 1 fully saturated rings. The lowest BCUT2D eigenvalue weighted by molar-refractivity contribution is -0.148. The van der Waals surface area contributed by atoms with E-state index in [-0.39, 0.29) is 23.8 Å². The molecule has 1 unspecified atom stereocenters. The summed E-state index contributed by atoms with van der Waals surface area (Å²) in [7, 11) is 0. The van der Waals surface area contributed by atoms with Crippen LogP contribution in [-0.2, 0) is 14.3 Å². The van der Waals surface area contributed by atoms with Gasteiger partial charge in [-0.15, -0.1) is 0 Å². The third-order valence-corrected chi connectivity index (χ3v) is 3.97. The Kier molecular flexibility index (Phi) is 6.22. The minimum Gasteiger partial charge on any atom is -0.466 e. The summed E-state index contributed by atoms with van der Waals surface area (Å²) in [6, 6.07) is 7.53. The van der Waals surface area contributed by atoms with Crippen molar-refractivity contribution in [3.8, 4) is 0 Å². The second-order valence-electron chi connectivity index (χ2n) is 5.76. The maximum Gasteiger partial charge on any atom is 0.310 e. The first kappa shape index (κ1) is 17.5. The first-order valence-electron chi connectivity index (χ1n) is 7.92. The lowest BCUT2D eigenvalue weighted by Gasteiger charge is -2.23. The predicted octanol–water partition coefficient (Wildman–Crippen LogP) is 3.54. The van der Waals surface area contributed by atoms with Crippen LogP contribution in [-0.4, -0.2) is 36.0 Å². The maximum absolute atomic E-state index is 12.4. The van der Waals surface area contributed by atoms with E-state index in [9.17, 15) is 9.59 Å². The number of carbonyl (C=O) groups is 2. The van der Waals surface area contributed by atoms with E-state index in [1.165, 1.54) is 0 Å². The van der Waals surface area contributed by atoms with Crippen molar-refractivity contribution in [2.24, 2.45) is 5.92 Å². The first-order chi connectivity index (χ1) is 11.0. The number of ether oxygens (including phenoxy) is 1. The van der Waals surface area contributed by atoms with Crippen molar-refractivity contribution >= 4 is 29.6 Å². The van der Waals surface area contributed by atoms with Gasteiger partial charge in [-0.3, -0.25) is 9.59 Å². The van der Waals surface area contributed by atoms with Gasteiger partial charge in [0, 0.05) is 23.7 Å². The molecule has 23 heavy (non-hydrogen) atoms. The lowest BCUT2D eigenvalue weighted by atomic mass is 10.1. The van der Waals surface area contributed by atoms with E-state index in [4.69, 9.17) is 16.3 Å².